The van der Waals surface area contributed by atoms with Gasteiger partial charge in [-0.1, -0.05) is 0 Å². The molecular formula is C75H52O49. The smallest absolute Gasteiger partial charge is 0.343 e. The first kappa shape index (κ1) is 83.0. The van der Waals surface area contributed by atoms with Crippen LogP contribution in [0.15, 0.2) is 72.8 Å². The standard InChI is InChI=1S/C75H52O49/c76-24-1-15(2-25(77)42(24)86)65(101)118-61-59-36(13-111-68(104)18-7-29(81)45(89)51(95)38(18)40-20(70(106)116-59)9-31(83)47(91)53(40)97)114-74(110)63(61)120-72(108)22-11-33(85)49(93)55(99)57(22)113-34-12-23-58(56(100)50(34)94)124-123-35-6-17(5-28(80)44(35)88)67(103)122-75-64(121-73(23)109)62(119-66(102)16-3-26(78)43(87)27(79)4-16)60-37(115-75)14-112-69(105)19-8-30(82)46(90)52(96)39(19)41-21(71(107)117-60)10-32(84)48(92)54(41)98/h1-12,36-37,59-64,74-100,110H,13-14H2/t36-,37-,59-,60-,61+,62+,63-,64-,74-,75+/m1/s1. The van der Waals surface area contributed by atoms with Gasteiger partial charge < -0.3 is 190 Å². The maximum Gasteiger partial charge on any atom is 0.343 e. The molecule has 49 nitrogen and oxygen atoms in total. The van der Waals surface area contributed by atoms with Gasteiger partial charge in [-0.3, -0.25) is 9.78 Å². The van der Waals surface area contributed by atoms with Crippen LogP contribution in [0.4, 0.5) is 0 Å². The average Bonchev–Trinajstić information content (AvgIpc) is 1.29. The molecule has 646 valence electrons. The Morgan fingerprint density at radius 1 is 0.315 bits per heavy atom. The van der Waals surface area contributed by atoms with Gasteiger partial charge in [-0.25, -0.2) is 43.2 Å². The first-order valence-corrected chi connectivity index (χ1v) is 34.3. The molecule has 49 heteroatoms. The van der Waals surface area contributed by atoms with E-state index in [1.807, 2.05) is 0 Å². The van der Waals surface area contributed by atoms with Gasteiger partial charge in [0, 0.05) is 40.5 Å². The SMILES string of the molecule is O=C1O[C@@H]2O[C@@H]3COC(=O)c4cc(O)c(O)c(O)c4-c4c(cc(O)c(O)c4O)C(=O)O[C@H]3[C@H](OC(=O)c3cc(O)c(O)c(O)c3)[C@H]2OC(=O)c2cc(Oc3c(C(=O)O[C@@H]4[C@@H](OC(=O)c5cc(O)c(O)c(O)c5)[C@@H]5OC(=O)c6cc(O)c(O)c(O)c6-c6c(cc(O)c(O)c6O)C(=O)OC[C@H]5O[C@H]4O)cc(O)c(O)c3O)c(O)c(O)c2OOc2cc1cc(O)c2O. The number of benzene rings is 9. The third-order valence-electron chi connectivity index (χ3n) is 19.2. The van der Waals surface area contributed by atoms with E-state index in [1.165, 1.54) is 0 Å². The molecule has 5 aliphatic heterocycles. The first-order valence-electron chi connectivity index (χ1n) is 34.3. The van der Waals surface area contributed by atoms with E-state index in [-0.39, 0.29) is 18.2 Å². The molecule has 14 rings (SSSR count). The zero-order valence-electron chi connectivity index (χ0n) is 60.6. The van der Waals surface area contributed by atoms with E-state index in [1.54, 1.807) is 0 Å². The number of phenols is 25. The topological polar surface area (TPSA) is 809 Å². The second-order valence-electron chi connectivity index (χ2n) is 26.7. The van der Waals surface area contributed by atoms with Gasteiger partial charge in [-0.05, 0) is 54.6 Å². The lowest BCUT2D eigenvalue weighted by molar-refractivity contribution is -0.284. The number of carbonyl (C=O) groups excluding carboxylic acids is 9. The van der Waals surface area contributed by atoms with E-state index in [9.17, 15) is 162 Å². The van der Waals surface area contributed by atoms with Crippen LogP contribution in [0.5, 0.6) is 167 Å². The Morgan fingerprint density at radius 2 is 0.694 bits per heavy atom. The molecule has 0 radical (unpaired) electrons. The molecule has 0 amide bonds. The van der Waals surface area contributed by atoms with E-state index in [4.69, 9.17) is 66.6 Å². The Balaban J connectivity index is 0.890. The minimum Gasteiger partial charge on any atom is -0.504 e. The van der Waals surface area contributed by atoms with Crippen LogP contribution in [0, 0.1) is 0 Å². The predicted octanol–water partition coefficient (Wildman–Crippen LogP) is 2.73. The Hall–Kier alpha value is -17.5. The van der Waals surface area contributed by atoms with Crippen LogP contribution in [0.25, 0.3) is 22.3 Å². The number of rotatable bonds is 8. The number of aliphatic hydroxyl groups is 1. The Kier molecular flexibility index (Phi) is 20.6. The van der Waals surface area contributed by atoms with Crippen molar-refractivity contribution in [1.29, 1.82) is 0 Å². The summed E-state index contributed by atoms with van der Waals surface area (Å²) in [7, 11) is 0. The molecule has 0 aromatic heterocycles. The molecule has 0 spiro atoms. The van der Waals surface area contributed by atoms with Crippen LogP contribution in [0.1, 0.15) is 93.2 Å². The third kappa shape index (κ3) is 14.1. The Morgan fingerprint density at radius 3 is 1.16 bits per heavy atom. The Labute approximate surface area is 680 Å². The zero-order valence-corrected chi connectivity index (χ0v) is 60.6. The molecular weight excluding hydrogens is 1680 g/mol. The molecule has 2 bridgehead atoms. The van der Waals surface area contributed by atoms with Crippen molar-refractivity contribution in [2.24, 2.45) is 0 Å². The van der Waals surface area contributed by atoms with E-state index in [0.717, 1.165) is 0 Å². The minimum absolute atomic E-state index is 0.116. The van der Waals surface area contributed by atoms with Crippen LogP contribution >= 0.6 is 0 Å². The molecule has 0 unspecified atom stereocenters. The summed E-state index contributed by atoms with van der Waals surface area (Å²) in [6.07, 6.45) is -27.6. The molecule has 2 saturated heterocycles. The van der Waals surface area contributed by atoms with Gasteiger partial charge >= 0.3 is 53.7 Å². The van der Waals surface area contributed by atoms with Crippen molar-refractivity contribution in [3.8, 4) is 189 Å². The van der Waals surface area contributed by atoms with Gasteiger partial charge in [0.25, 0.3) is 0 Å². The molecule has 10 atom stereocenters. The molecule has 5 aliphatic rings. The lowest BCUT2D eigenvalue weighted by atomic mass is 9.92. The van der Waals surface area contributed by atoms with E-state index < -0.39 is 367 Å². The second kappa shape index (κ2) is 30.8. The summed E-state index contributed by atoms with van der Waals surface area (Å²) in [4.78, 5) is 143. The van der Waals surface area contributed by atoms with E-state index in [2.05, 4.69) is 0 Å². The fourth-order valence-corrected chi connectivity index (χ4v) is 13.2. The number of carbonyl (C=O) groups is 9. The number of fused-ring (bicyclic) bond motifs is 12. The highest BCUT2D eigenvalue weighted by Crippen LogP contribution is 2.58. The van der Waals surface area contributed by atoms with Crippen LogP contribution in [-0.2, 0) is 52.1 Å². The minimum atomic E-state index is -2.98. The normalized spacial score (nSPS) is 20.4. The Bertz CT molecular complexity index is 6120. The summed E-state index contributed by atoms with van der Waals surface area (Å²) < 4.78 is 68.0. The van der Waals surface area contributed by atoms with Crippen molar-refractivity contribution in [3.05, 3.63) is 123 Å². The van der Waals surface area contributed by atoms with Crippen molar-refractivity contribution in [2.45, 2.75) is 61.4 Å². The van der Waals surface area contributed by atoms with Crippen molar-refractivity contribution >= 4 is 53.7 Å². The monoisotopic (exact) mass is 1740 g/mol. The number of ether oxygens (including phenoxy) is 12. The van der Waals surface area contributed by atoms with Gasteiger partial charge in [-0.2, -0.15) is 0 Å². The fraction of sp³-hybridized carbons (Fsp3) is 0.160. The molecule has 9 aromatic rings. The molecule has 0 aliphatic carbocycles. The molecule has 9 aromatic carbocycles. The molecule has 0 saturated carbocycles. The van der Waals surface area contributed by atoms with Gasteiger partial charge in [0.05, 0.1) is 38.9 Å². The van der Waals surface area contributed by atoms with E-state index >= 15 is 14.4 Å². The van der Waals surface area contributed by atoms with Crippen molar-refractivity contribution in [2.75, 3.05) is 13.2 Å². The van der Waals surface area contributed by atoms with Crippen LogP contribution in [0.3, 0.4) is 0 Å². The highest BCUT2D eigenvalue weighted by atomic mass is 17.2. The number of esters is 9. The average molecular weight is 1740 g/mol. The quantitative estimate of drug-likeness (QED) is 0.0450. The molecule has 5 heterocycles. The number of cyclic esters (lactones) is 2. The largest absolute Gasteiger partial charge is 0.504 e. The lowest BCUT2D eigenvalue weighted by Gasteiger charge is -2.43. The van der Waals surface area contributed by atoms with Gasteiger partial charge in [0.1, 0.15) is 36.5 Å². The first-order chi connectivity index (χ1) is 58.5. The summed E-state index contributed by atoms with van der Waals surface area (Å²) in [5, 5.41) is 285. The van der Waals surface area contributed by atoms with Crippen molar-refractivity contribution < 1.29 is 243 Å². The second-order valence-corrected chi connectivity index (χ2v) is 26.7. The maximum atomic E-state index is 15.6. The molecule has 26 N–H and O–H groups in total. The number of hydrogen-bond donors (Lipinski definition) is 26. The number of phenolic OH excluding ortho intramolecular Hbond substituents is 25. The molecule has 2 fully saturated rings. The molecule has 124 heavy (non-hydrogen) atoms. The lowest BCUT2D eigenvalue weighted by Crippen LogP contribution is -2.63. The highest BCUT2D eigenvalue weighted by molar-refractivity contribution is 6.10. The number of hydrogen-bond acceptors (Lipinski definition) is 49. The maximum absolute atomic E-state index is 15.6. The van der Waals surface area contributed by atoms with Crippen molar-refractivity contribution in [1.82, 2.24) is 0 Å². The summed E-state index contributed by atoms with van der Waals surface area (Å²) in [5.74, 6) is -60.7. The van der Waals surface area contributed by atoms with Gasteiger partial charge in [-0.15, -0.1) is 0 Å². The summed E-state index contributed by atoms with van der Waals surface area (Å²) >= 11 is 0. The fourth-order valence-electron chi connectivity index (χ4n) is 13.2. The summed E-state index contributed by atoms with van der Waals surface area (Å²) in [5.41, 5.74) is -15.7. The highest BCUT2D eigenvalue weighted by Gasteiger charge is 2.58. The van der Waals surface area contributed by atoms with Crippen LogP contribution in [0.2, 0.25) is 0 Å². The number of aromatic hydroxyl groups is 25. The summed E-state index contributed by atoms with van der Waals surface area (Å²) in [6, 6.07) is 4.11. The van der Waals surface area contributed by atoms with Crippen LogP contribution < -0.4 is 14.5 Å². The zero-order chi connectivity index (χ0) is 90.0. The number of aliphatic hydroxyl groups excluding tert-OH is 1. The van der Waals surface area contributed by atoms with E-state index in [0.29, 0.717) is 54.6 Å². The predicted molar refractivity (Wildman–Crippen MR) is 380 cm³/mol. The van der Waals surface area contributed by atoms with Crippen LogP contribution in [-0.4, -0.2) is 261 Å². The van der Waals surface area contributed by atoms with Gasteiger partial charge in [0.2, 0.25) is 75.6 Å². The van der Waals surface area contributed by atoms with Crippen molar-refractivity contribution in [3.63, 3.8) is 0 Å². The summed E-state index contributed by atoms with van der Waals surface area (Å²) in [6.45, 7) is -2.88. The van der Waals surface area contributed by atoms with Gasteiger partial charge in [0.15, 0.2) is 140 Å². The third-order valence-corrected chi connectivity index (χ3v) is 19.2.